The molecule has 0 aromatic heterocycles. The third-order valence-electron chi connectivity index (χ3n) is 4.83. The smallest absolute Gasteiger partial charge is 0.313 e. The summed E-state index contributed by atoms with van der Waals surface area (Å²) in [4.78, 5) is 12.5. The zero-order valence-corrected chi connectivity index (χ0v) is 16.6. The fraction of sp³-hybridized carbons (Fsp3) is 0.667. The Hall–Kier alpha value is -1.51. The maximum Gasteiger partial charge on any atom is 0.313 e. The van der Waals surface area contributed by atoms with Crippen molar-refractivity contribution < 1.29 is 14.6 Å². The summed E-state index contributed by atoms with van der Waals surface area (Å²) in [5.74, 6) is 0.199. The van der Waals surface area contributed by atoms with Gasteiger partial charge >= 0.3 is 5.97 Å². The lowest BCUT2D eigenvalue weighted by Crippen LogP contribution is -2.20. The number of carbonyl (C=O) groups is 1. The van der Waals surface area contributed by atoms with Gasteiger partial charge in [0.25, 0.3) is 0 Å². The molecule has 24 heavy (non-hydrogen) atoms. The molecule has 1 N–H and O–H groups in total. The van der Waals surface area contributed by atoms with Crippen LogP contribution >= 0.6 is 0 Å². The lowest BCUT2D eigenvalue weighted by atomic mass is 9.80. The van der Waals surface area contributed by atoms with Crippen LogP contribution < -0.4 is 0 Å². The first-order chi connectivity index (χ1) is 11.0. The van der Waals surface area contributed by atoms with E-state index in [1.165, 1.54) is 0 Å². The maximum absolute atomic E-state index is 12.5. The van der Waals surface area contributed by atoms with Gasteiger partial charge in [-0.05, 0) is 60.8 Å². The first-order valence-corrected chi connectivity index (χ1v) is 9.00. The van der Waals surface area contributed by atoms with Crippen LogP contribution in [-0.2, 0) is 14.9 Å². The van der Waals surface area contributed by atoms with Gasteiger partial charge in [0.1, 0.15) is 5.75 Å². The molecule has 3 nitrogen and oxygen atoms in total. The van der Waals surface area contributed by atoms with Crippen molar-refractivity contribution in [3.05, 3.63) is 28.3 Å². The Morgan fingerprint density at radius 3 is 2.29 bits per heavy atom. The fourth-order valence-corrected chi connectivity index (χ4v) is 3.00. The van der Waals surface area contributed by atoms with Gasteiger partial charge in [-0.1, -0.05) is 47.1 Å². The molecule has 0 amide bonds. The minimum Gasteiger partial charge on any atom is -0.507 e. The summed E-state index contributed by atoms with van der Waals surface area (Å²) >= 11 is 0. The molecule has 0 radical (unpaired) electrons. The van der Waals surface area contributed by atoms with Crippen LogP contribution in [0.2, 0.25) is 0 Å². The number of phenolic OH excluding ortho intramolecular Hbond substituents is 1. The SMILES string of the molecule is CCCC(C)COC(=O)C(C)c1cc(C(C)(C)C)c(O)c(C)c1C. The molecule has 0 bridgehead atoms. The van der Waals surface area contributed by atoms with E-state index in [1.54, 1.807) is 0 Å². The number of ether oxygens (including phenoxy) is 1. The summed E-state index contributed by atoms with van der Waals surface area (Å²) in [5.41, 5.74) is 3.45. The van der Waals surface area contributed by atoms with E-state index in [9.17, 15) is 9.90 Å². The van der Waals surface area contributed by atoms with E-state index < -0.39 is 0 Å². The van der Waals surface area contributed by atoms with Crippen LogP contribution in [0.15, 0.2) is 6.07 Å². The van der Waals surface area contributed by atoms with Crippen LogP contribution in [0.3, 0.4) is 0 Å². The highest BCUT2D eigenvalue weighted by Crippen LogP contribution is 2.38. The number of esters is 1. The van der Waals surface area contributed by atoms with Crippen molar-refractivity contribution in [2.45, 2.75) is 79.6 Å². The molecule has 136 valence electrons. The normalized spacial score (nSPS) is 14.3. The van der Waals surface area contributed by atoms with Gasteiger partial charge in [-0.2, -0.15) is 0 Å². The van der Waals surface area contributed by atoms with Crippen LogP contribution in [0.5, 0.6) is 5.75 Å². The Morgan fingerprint density at radius 1 is 1.21 bits per heavy atom. The summed E-state index contributed by atoms with van der Waals surface area (Å²) < 4.78 is 5.52. The minimum atomic E-state index is -0.334. The van der Waals surface area contributed by atoms with E-state index in [-0.39, 0.29) is 17.3 Å². The van der Waals surface area contributed by atoms with E-state index in [1.807, 2.05) is 26.8 Å². The van der Waals surface area contributed by atoms with Gasteiger partial charge in [0.05, 0.1) is 12.5 Å². The Bertz CT molecular complexity index is 582. The van der Waals surface area contributed by atoms with Gasteiger partial charge in [0, 0.05) is 0 Å². The highest BCUT2D eigenvalue weighted by molar-refractivity contribution is 5.79. The summed E-state index contributed by atoms with van der Waals surface area (Å²) in [5, 5.41) is 10.5. The molecule has 0 spiro atoms. The van der Waals surface area contributed by atoms with Gasteiger partial charge in [-0.15, -0.1) is 0 Å². The zero-order chi connectivity index (χ0) is 18.7. The molecule has 2 unspecified atom stereocenters. The van der Waals surface area contributed by atoms with Crippen LogP contribution in [0.25, 0.3) is 0 Å². The van der Waals surface area contributed by atoms with Crippen molar-refractivity contribution >= 4 is 5.97 Å². The number of hydrogen-bond acceptors (Lipinski definition) is 3. The van der Waals surface area contributed by atoms with E-state index in [2.05, 4.69) is 34.6 Å². The molecule has 0 aliphatic rings. The molecule has 1 aromatic carbocycles. The van der Waals surface area contributed by atoms with Gasteiger partial charge in [0.15, 0.2) is 0 Å². The van der Waals surface area contributed by atoms with Crippen molar-refractivity contribution in [2.75, 3.05) is 6.61 Å². The van der Waals surface area contributed by atoms with Crippen molar-refractivity contribution in [1.29, 1.82) is 0 Å². The molecule has 0 fully saturated rings. The molecule has 1 aromatic rings. The van der Waals surface area contributed by atoms with E-state index in [4.69, 9.17) is 4.74 Å². The zero-order valence-electron chi connectivity index (χ0n) is 16.6. The number of hydrogen-bond donors (Lipinski definition) is 1. The molecule has 0 aliphatic heterocycles. The number of rotatable bonds is 6. The second kappa shape index (κ2) is 8.04. The molecule has 2 atom stereocenters. The van der Waals surface area contributed by atoms with Gasteiger partial charge in [-0.25, -0.2) is 0 Å². The molecular weight excluding hydrogens is 300 g/mol. The number of carbonyl (C=O) groups excluding carboxylic acids is 1. The molecular formula is C21H34O3. The van der Waals surface area contributed by atoms with Crippen molar-refractivity contribution in [3.8, 4) is 5.75 Å². The Balaban J connectivity index is 3.08. The number of phenols is 1. The first-order valence-electron chi connectivity index (χ1n) is 9.00. The van der Waals surface area contributed by atoms with Crippen LogP contribution in [0.4, 0.5) is 0 Å². The molecule has 0 saturated carbocycles. The highest BCUT2D eigenvalue weighted by atomic mass is 16.5. The summed E-state index contributed by atoms with van der Waals surface area (Å²) in [6.45, 7) is 16.7. The standard InChI is InChI=1S/C21H34O3/c1-9-10-13(2)12-24-20(23)16(5)17-11-18(21(6,7)8)19(22)15(4)14(17)3/h11,13,16,22H,9-10,12H2,1-8H3. The van der Waals surface area contributed by atoms with Crippen molar-refractivity contribution in [2.24, 2.45) is 5.92 Å². The van der Waals surface area contributed by atoms with Gasteiger partial charge < -0.3 is 9.84 Å². The van der Waals surface area contributed by atoms with E-state index in [0.29, 0.717) is 18.3 Å². The fourth-order valence-electron chi connectivity index (χ4n) is 3.00. The van der Waals surface area contributed by atoms with Crippen LogP contribution in [-0.4, -0.2) is 17.7 Å². The molecule has 1 rings (SSSR count). The van der Waals surface area contributed by atoms with Crippen LogP contribution in [0, 0.1) is 19.8 Å². The lowest BCUT2D eigenvalue weighted by Gasteiger charge is -2.26. The third-order valence-corrected chi connectivity index (χ3v) is 4.83. The maximum atomic E-state index is 12.5. The average molecular weight is 335 g/mol. The second-order valence-electron chi connectivity index (χ2n) is 8.11. The Morgan fingerprint density at radius 2 is 1.79 bits per heavy atom. The van der Waals surface area contributed by atoms with Gasteiger partial charge in [-0.3, -0.25) is 4.79 Å². The Kier molecular flexibility index (Phi) is 6.88. The summed E-state index contributed by atoms with van der Waals surface area (Å²) in [6.07, 6.45) is 2.16. The minimum absolute atomic E-state index is 0.184. The molecule has 0 saturated heterocycles. The predicted molar refractivity (Wildman–Crippen MR) is 99.7 cm³/mol. The van der Waals surface area contributed by atoms with Gasteiger partial charge in [0.2, 0.25) is 0 Å². The summed E-state index contributed by atoms with van der Waals surface area (Å²) in [7, 11) is 0. The summed E-state index contributed by atoms with van der Waals surface area (Å²) in [6, 6.07) is 1.97. The monoisotopic (exact) mass is 334 g/mol. The molecule has 0 aliphatic carbocycles. The highest BCUT2D eigenvalue weighted by Gasteiger charge is 2.26. The molecule has 0 heterocycles. The molecule has 3 heteroatoms. The second-order valence-corrected chi connectivity index (χ2v) is 8.11. The largest absolute Gasteiger partial charge is 0.507 e. The topological polar surface area (TPSA) is 46.5 Å². The number of aromatic hydroxyl groups is 1. The van der Waals surface area contributed by atoms with E-state index >= 15 is 0 Å². The third kappa shape index (κ3) is 4.75. The Labute approximate surface area is 147 Å². The van der Waals surface area contributed by atoms with Crippen molar-refractivity contribution in [1.82, 2.24) is 0 Å². The quantitative estimate of drug-likeness (QED) is 0.710. The van der Waals surface area contributed by atoms with E-state index in [0.717, 1.165) is 35.1 Å². The lowest BCUT2D eigenvalue weighted by molar-refractivity contribution is -0.146. The van der Waals surface area contributed by atoms with Crippen LogP contribution in [0.1, 0.15) is 82.6 Å². The predicted octanol–water partition coefficient (Wildman–Crippen LogP) is 5.39. The first kappa shape index (κ1) is 20.5. The average Bonchev–Trinajstić information content (AvgIpc) is 2.49. The number of benzene rings is 1. The van der Waals surface area contributed by atoms with Crippen molar-refractivity contribution in [3.63, 3.8) is 0 Å².